The highest BCUT2D eigenvalue weighted by Gasteiger charge is 2.12. The Hall–Kier alpha value is -1.49. The van der Waals surface area contributed by atoms with E-state index in [2.05, 4.69) is 5.32 Å². The third kappa shape index (κ3) is 3.76. The molecule has 0 aliphatic heterocycles. The van der Waals surface area contributed by atoms with Gasteiger partial charge in [-0.2, -0.15) is 0 Å². The molecule has 0 aliphatic carbocycles. The average molecular weight is 314 g/mol. The summed E-state index contributed by atoms with van der Waals surface area (Å²) in [6, 6.07) is 8.16. The van der Waals surface area contributed by atoms with E-state index in [-0.39, 0.29) is 11.7 Å². The first-order valence-corrected chi connectivity index (χ1v) is 6.78. The minimum atomic E-state index is -0.721. The lowest BCUT2D eigenvalue weighted by molar-refractivity contribution is 0.0915. The number of hydrogen-bond acceptors (Lipinski definition) is 3. The van der Waals surface area contributed by atoms with Crippen LogP contribution in [0.3, 0.4) is 0 Å². The summed E-state index contributed by atoms with van der Waals surface area (Å²) in [5.74, 6) is -0.0645. The number of amides is 1. The van der Waals surface area contributed by atoms with Gasteiger partial charge in [0.15, 0.2) is 5.76 Å². The standard InChI is InChI=1S/C14H13Cl2NO3/c15-10-4-3-9(8-11(10)16)12(18)5-6-17-14(19)13-2-1-7-20-13/h1-4,7-8,12,18H,5-6H2,(H,17,19)/t12-/m1/s1. The van der Waals surface area contributed by atoms with E-state index < -0.39 is 6.10 Å². The van der Waals surface area contributed by atoms with Gasteiger partial charge in [-0.3, -0.25) is 4.79 Å². The van der Waals surface area contributed by atoms with Crippen molar-refractivity contribution in [3.8, 4) is 0 Å². The lowest BCUT2D eigenvalue weighted by Crippen LogP contribution is -2.25. The van der Waals surface area contributed by atoms with Gasteiger partial charge in [-0.05, 0) is 36.2 Å². The zero-order valence-corrected chi connectivity index (χ0v) is 12.0. The lowest BCUT2D eigenvalue weighted by atomic mass is 10.1. The van der Waals surface area contributed by atoms with Crippen LogP contribution in [0.2, 0.25) is 10.0 Å². The molecule has 4 nitrogen and oxygen atoms in total. The number of rotatable bonds is 5. The zero-order valence-electron chi connectivity index (χ0n) is 10.5. The summed E-state index contributed by atoms with van der Waals surface area (Å²) in [7, 11) is 0. The van der Waals surface area contributed by atoms with Crippen molar-refractivity contribution in [3.05, 3.63) is 58.0 Å². The zero-order chi connectivity index (χ0) is 14.5. The maximum atomic E-state index is 11.6. The van der Waals surface area contributed by atoms with Crippen LogP contribution in [-0.4, -0.2) is 17.6 Å². The fourth-order valence-corrected chi connectivity index (χ4v) is 2.01. The van der Waals surface area contributed by atoms with Crippen molar-refractivity contribution < 1.29 is 14.3 Å². The van der Waals surface area contributed by atoms with Gasteiger partial charge < -0.3 is 14.8 Å². The molecule has 1 atom stereocenters. The molecule has 2 aromatic rings. The third-order valence-corrected chi connectivity index (χ3v) is 3.52. The summed E-state index contributed by atoms with van der Waals surface area (Å²) in [4.78, 5) is 11.6. The molecule has 2 rings (SSSR count). The van der Waals surface area contributed by atoms with Crippen molar-refractivity contribution >= 4 is 29.1 Å². The van der Waals surface area contributed by atoms with Crippen LogP contribution in [0.5, 0.6) is 0 Å². The van der Waals surface area contributed by atoms with E-state index in [1.165, 1.54) is 6.26 Å². The molecule has 20 heavy (non-hydrogen) atoms. The van der Waals surface area contributed by atoms with Gasteiger partial charge in [0.1, 0.15) is 0 Å². The van der Waals surface area contributed by atoms with Gasteiger partial charge >= 0.3 is 0 Å². The van der Waals surface area contributed by atoms with Crippen LogP contribution < -0.4 is 5.32 Å². The van der Waals surface area contributed by atoms with E-state index in [0.717, 1.165) is 0 Å². The fourth-order valence-electron chi connectivity index (χ4n) is 1.70. The minimum Gasteiger partial charge on any atom is -0.459 e. The number of furan rings is 1. The summed E-state index contributed by atoms with van der Waals surface area (Å²) in [6.07, 6.45) is 1.07. The molecule has 0 aliphatic rings. The Balaban J connectivity index is 1.84. The second-order valence-corrected chi connectivity index (χ2v) is 5.03. The third-order valence-electron chi connectivity index (χ3n) is 2.78. The summed E-state index contributed by atoms with van der Waals surface area (Å²) in [6.45, 7) is 0.320. The van der Waals surface area contributed by atoms with Gasteiger partial charge in [-0.15, -0.1) is 0 Å². The van der Waals surface area contributed by atoms with Crippen molar-refractivity contribution in [1.82, 2.24) is 5.32 Å². The Bertz CT molecular complexity index is 584. The Morgan fingerprint density at radius 2 is 2.10 bits per heavy atom. The number of hydrogen-bond donors (Lipinski definition) is 2. The highest BCUT2D eigenvalue weighted by molar-refractivity contribution is 6.42. The normalized spacial score (nSPS) is 12.2. The molecular formula is C14H13Cl2NO3. The van der Waals surface area contributed by atoms with E-state index in [1.54, 1.807) is 30.3 Å². The predicted octanol–water partition coefficient (Wildman–Crippen LogP) is 3.44. The summed E-state index contributed by atoms with van der Waals surface area (Å²) >= 11 is 11.7. The largest absolute Gasteiger partial charge is 0.459 e. The Morgan fingerprint density at radius 3 is 2.75 bits per heavy atom. The quantitative estimate of drug-likeness (QED) is 0.888. The SMILES string of the molecule is O=C(NCC[C@@H](O)c1ccc(Cl)c(Cl)c1)c1ccco1. The second kappa shape index (κ2) is 6.79. The number of aliphatic hydroxyl groups is 1. The molecule has 0 radical (unpaired) electrons. The minimum absolute atomic E-state index is 0.244. The fraction of sp³-hybridized carbons (Fsp3) is 0.214. The number of halogens is 2. The van der Waals surface area contributed by atoms with E-state index in [9.17, 15) is 9.90 Å². The van der Waals surface area contributed by atoms with Crippen molar-refractivity contribution in [2.24, 2.45) is 0 Å². The lowest BCUT2D eigenvalue weighted by Gasteiger charge is -2.12. The Morgan fingerprint density at radius 1 is 1.30 bits per heavy atom. The molecular weight excluding hydrogens is 301 g/mol. The van der Waals surface area contributed by atoms with Crippen LogP contribution in [0.25, 0.3) is 0 Å². The smallest absolute Gasteiger partial charge is 0.286 e. The molecule has 0 saturated carbocycles. The van der Waals surface area contributed by atoms with Crippen molar-refractivity contribution in [2.75, 3.05) is 6.54 Å². The molecule has 0 spiro atoms. The first kappa shape index (κ1) is 14.9. The van der Waals surface area contributed by atoms with Gasteiger partial charge in [0, 0.05) is 6.54 Å². The van der Waals surface area contributed by atoms with Gasteiger partial charge in [-0.25, -0.2) is 0 Å². The molecule has 1 heterocycles. The van der Waals surface area contributed by atoms with E-state index in [0.29, 0.717) is 28.6 Å². The number of nitrogens with one attached hydrogen (secondary N) is 1. The molecule has 0 bridgehead atoms. The Kier molecular flexibility index (Phi) is 5.06. The van der Waals surface area contributed by atoms with Crippen LogP contribution >= 0.6 is 23.2 Å². The summed E-state index contributed by atoms with van der Waals surface area (Å²) in [5.41, 5.74) is 0.659. The topological polar surface area (TPSA) is 62.5 Å². The van der Waals surface area contributed by atoms with Gasteiger partial charge in [-0.1, -0.05) is 29.3 Å². The summed E-state index contributed by atoms with van der Waals surface area (Å²) < 4.78 is 4.96. The molecule has 6 heteroatoms. The molecule has 0 fully saturated rings. The van der Waals surface area contributed by atoms with Crippen LogP contribution in [0, 0.1) is 0 Å². The van der Waals surface area contributed by atoms with Crippen molar-refractivity contribution in [3.63, 3.8) is 0 Å². The molecule has 0 saturated heterocycles. The van der Waals surface area contributed by atoms with Gasteiger partial charge in [0.25, 0.3) is 5.91 Å². The van der Waals surface area contributed by atoms with Crippen LogP contribution in [0.1, 0.15) is 28.6 Å². The monoisotopic (exact) mass is 313 g/mol. The van der Waals surface area contributed by atoms with E-state index in [1.807, 2.05) is 0 Å². The molecule has 1 aromatic heterocycles. The average Bonchev–Trinajstić information content (AvgIpc) is 2.95. The van der Waals surface area contributed by atoms with Gasteiger partial charge in [0.05, 0.1) is 22.4 Å². The molecule has 2 N–H and O–H groups in total. The number of carbonyl (C=O) groups is 1. The predicted molar refractivity (Wildman–Crippen MR) is 77.1 cm³/mol. The second-order valence-electron chi connectivity index (χ2n) is 4.21. The number of benzene rings is 1. The van der Waals surface area contributed by atoms with Crippen LogP contribution in [0.15, 0.2) is 41.0 Å². The van der Waals surface area contributed by atoms with E-state index >= 15 is 0 Å². The first-order valence-electron chi connectivity index (χ1n) is 6.02. The highest BCUT2D eigenvalue weighted by atomic mass is 35.5. The molecule has 1 aromatic carbocycles. The van der Waals surface area contributed by atoms with E-state index in [4.69, 9.17) is 27.6 Å². The highest BCUT2D eigenvalue weighted by Crippen LogP contribution is 2.26. The first-order chi connectivity index (χ1) is 9.58. The van der Waals surface area contributed by atoms with Gasteiger partial charge in [0.2, 0.25) is 0 Å². The molecule has 1 amide bonds. The number of aliphatic hydroxyl groups excluding tert-OH is 1. The summed E-state index contributed by atoms with van der Waals surface area (Å²) in [5, 5.41) is 13.5. The maximum Gasteiger partial charge on any atom is 0.286 e. The van der Waals surface area contributed by atoms with Crippen molar-refractivity contribution in [2.45, 2.75) is 12.5 Å². The molecule has 106 valence electrons. The maximum absolute atomic E-state index is 11.6. The van der Waals surface area contributed by atoms with Crippen molar-refractivity contribution in [1.29, 1.82) is 0 Å². The number of carbonyl (C=O) groups excluding carboxylic acids is 1. The Labute approximate surface area is 126 Å². The molecule has 0 unspecified atom stereocenters. The van der Waals surface area contributed by atoms with Crippen LogP contribution in [0.4, 0.5) is 0 Å². The van der Waals surface area contributed by atoms with Crippen LogP contribution in [-0.2, 0) is 0 Å².